The number of unbranched alkanes of at least 4 members (excludes halogenated alkanes) is 1. The van der Waals surface area contributed by atoms with Gasteiger partial charge in [-0.3, -0.25) is 9.36 Å². The molecule has 0 aliphatic heterocycles. The van der Waals surface area contributed by atoms with Crippen molar-refractivity contribution in [1.29, 1.82) is 0 Å². The highest BCUT2D eigenvalue weighted by Crippen LogP contribution is 2.32. The minimum Gasteiger partial charge on any atom is -0.325 e. The van der Waals surface area contributed by atoms with Crippen LogP contribution >= 0.6 is 11.3 Å². The first-order chi connectivity index (χ1) is 10.7. The highest BCUT2D eigenvalue weighted by atomic mass is 32.1. The molecule has 0 amide bonds. The van der Waals surface area contributed by atoms with Crippen LogP contribution in [0.2, 0.25) is 0 Å². The topological polar surface area (TPSA) is 50.7 Å². The highest BCUT2D eigenvalue weighted by molar-refractivity contribution is 7.17. The van der Waals surface area contributed by atoms with Crippen LogP contribution in [0, 0.1) is 6.92 Å². The Balaban J connectivity index is 2.03. The molecule has 4 nitrogen and oxygen atoms in total. The Labute approximate surface area is 133 Å². The van der Waals surface area contributed by atoms with Crippen LogP contribution in [-0.2, 0) is 6.42 Å². The summed E-state index contributed by atoms with van der Waals surface area (Å²) in [6, 6.07) is 6.21. The summed E-state index contributed by atoms with van der Waals surface area (Å²) in [5.41, 5.74) is 2.95. The molecule has 22 heavy (non-hydrogen) atoms. The molecule has 0 unspecified atom stereocenters. The van der Waals surface area contributed by atoms with E-state index in [0.29, 0.717) is 0 Å². The molecule has 3 aromatic rings. The second-order valence-electron chi connectivity index (χ2n) is 5.39. The first-order valence-electron chi connectivity index (χ1n) is 7.50. The zero-order valence-corrected chi connectivity index (χ0v) is 13.6. The van der Waals surface area contributed by atoms with E-state index < -0.39 is 0 Å². The van der Waals surface area contributed by atoms with Gasteiger partial charge in [-0.05, 0) is 38.0 Å². The molecule has 0 spiro atoms. The summed E-state index contributed by atoms with van der Waals surface area (Å²) >= 11 is 1.71. The van der Waals surface area contributed by atoms with Gasteiger partial charge in [0.25, 0.3) is 5.56 Å². The number of hydrogen-bond donors (Lipinski definition) is 1. The molecular formula is C17H19N3OS. The lowest BCUT2D eigenvalue weighted by molar-refractivity contribution is 0.774. The minimum absolute atomic E-state index is 0.0150. The summed E-state index contributed by atoms with van der Waals surface area (Å²) in [6.45, 7) is 4.02. The molecule has 0 saturated carbocycles. The van der Waals surface area contributed by atoms with Crippen LogP contribution in [-0.4, -0.2) is 14.5 Å². The van der Waals surface area contributed by atoms with E-state index in [1.807, 2.05) is 23.8 Å². The number of thiophene rings is 1. The SMILES string of the molecule is CCCCc1[nH]c(=O)c(C)cc1-c1ccc(-n2ccnc2)s1. The lowest BCUT2D eigenvalue weighted by Crippen LogP contribution is -2.13. The first-order valence-corrected chi connectivity index (χ1v) is 8.32. The van der Waals surface area contributed by atoms with Crippen molar-refractivity contribution in [3.63, 3.8) is 0 Å². The number of hydrogen-bond acceptors (Lipinski definition) is 3. The standard InChI is InChI=1S/C17H19N3OS/c1-3-4-5-14-13(10-12(2)17(21)19-14)15-6-7-16(22-15)20-9-8-18-11-20/h6-11H,3-5H2,1-2H3,(H,19,21). The van der Waals surface area contributed by atoms with E-state index in [4.69, 9.17) is 0 Å². The first kappa shape index (κ1) is 14.8. The van der Waals surface area contributed by atoms with Crippen LogP contribution in [0.4, 0.5) is 0 Å². The third-order valence-electron chi connectivity index (χ3n) is 3.71. The Morgan fingerprint density at radius 2 is 2.23 bits per heavy atom. The monoisotopic (exact) mass is 313 g/mol. The molecule has 0 atom stereocenters. The molecule has 1 N–H and O–H groups in total. The lowest BCUT2D eigenvalue weighted by Gasteiger charge is -2.08. The number of aromatic amines is 1. The van der Waals surface area contributed by atoms with Crippen LogP contribution in [0.3, 0.4) is 0 Å². The fraction of sp³-hybridized carbons (Fsp3) is 0.294. The maximum Gasteiger partial charge on any atom is 0.251 e. The molecule has 0 saturated heterocycles. The maximum atomic E-state index is 11.9. The molecule has 3 heterocycles. The van der Waals surface area contributed by atoms with Gasteiger partial charge in [-0.15, -0.1) is 11.3 Å². The summed E-state index contributed by atoms with van der Waals surface area (Å²) < 4.78 is 2.00. The van der Waals surface area contributed by atoms with Crippen molar-refractivity contribution in [2.24, 2.45) is 0 Å². The van der Waals surface area contributed by atoms with E-state index >= 15 is 0 Å². The zero-order chi connectivity index (χ0) is 15.5. The van der Waals surface area contributed by atoms with Crippen LogP contribution in [0.15, 0.2) is 41.7 Å². The summed E-state index contributed by atoms with van der Waals surface area (Å²) in [5, 5.41) is 1.12. The molecule has 0 aliphatic rings. The van der Waals surface area contributed by atoms with Crippen molar-refractivity contribution < 1.29 is 0 Å². The van der Waals surface area contributed by atoms with Crippen LogP contribution in [0.25, 0.3) is 15.4 Å². The van der Waals surface area contributed by atoms with Gasteiger partial charge < -0.3 is 4.98 Å². The van der Waals surface area contributed by atoms with Crippen LogP contribution < -0.4 is 5.56 Å². The Hall–Kier alpha value is -2.14. The van der Waals surface area contributed by atoms with Gasteiger partial charge in [0.1, 0.15) is 5.00 Å². The molecule has 0 aliphatic carbocycles. The number of aromatic nitrogens is 3. The average molecular weight is 313 g/mol. The molecule has 3 rings (SSSR count). The Morgan fingerprint density at radius 1 is 1.36 bits per heavy atom. The minimum atomic E-state index is 0.0150. The third-order valence-corrected chi connectivity index (χ3v) is 4.84. The number of pyridine rings is 1. The van der Waals surface area contributed by atoms with E-state index in [9.17, 15) is 4.79 Å². The number of nitrogens with one attached hydrogen (secondary N) is 1. The fourth-order valence-electron chi connectivity index (χ4n) is 2.44. The fourth-order valence-corrected chi connectivity index (χ4v) is 3.45. The lowest BCUT2D eigenvalue weighted by atomic mass is 10.1. The van der Waals surface area contributed by atoms with E-state index in [0.717, 1.165) is 41.1 Å². The average Bonchev–Trinajstić information content (AvgIpc) is 3.18. The largest absolute Gasteiger partial charge is 0.325 e. The van der Waals surface area contributed by atoms with Crippen molar-refractivity contribution in [3.8, 4) is 15.4 Å². The van der Waals surface area contributed by atoms with Crippen LogP contribution in [0.5, 0.6) is 0 Å². The zero-order valence-electron chi connectivity index (χ0n) is 12.8. The smallest absolute Gasteiger partial charge is 0.251 e. The molecule has 0 bridgehead atoms. The molecule has 5 heteroatoms. The van der Waals surface area contributed by atoms with Crippen molar-refractivity contribution in [1.82, 2.24) is 14.5 Å². The van der Waals surface area contributed by atoms with Crippen molar-refractivity contribution >= 4 is 11.3 Å². The molecule has 0 fully saturated rings. The van der Waals surface area contributed by atoms with Gasteiger partial charge in [0, 0.05) is 34.1 Å². The third kappa shape index (κ3) is 2.90. The molecule has 3 aromatic heterocycles. The summed E-state index contributed by atoms with van der Waals surface area (Å²) in [6.07, 6.45) is 8.60. The van der Waals surface area contributed by atoms with E-state index in [-0.39, 0.29) is 5.56 Å². The quantitative estimate of drug-likeness (QED) is 0.775. The summed E-state index contributed by atoms with van der Waals surface area (Å²) in [7, 11) is 0. The van der Waals surface area contributed by atoms with E-state index in [1.54, 1.807) is 23.9 Å². The number of aryl methyl sites for hydroxylation is 2. The van der Waals surface area contributed by atoms with E-state index in [1.165, 1.54) is 4.88 Å². The van der Waals surface area contributed by atoms with Crippen LogP contribution in [0.1, 0.15) is 31.0 Å². The molecular weight excluding hydrogens is 294 g/mol. The molecule has 0 aromatic carbocycles. The maximum absolute atomic E-state index is 11.9. The van der Waals surface area contributed by atoms with Gasteiger partial charge in [0.05, 0.1) is 6.33 Å². The number of H-pyrrole nitrogens is 1. The normalized spacial score (nSPS) is 11.0. The number of rotatable bonds is 5. The number of nitrogens with zero attached hydrogens (tertiary/aromatic N) is 2. The molecule has 114 valence electrons. The van der Waals surface area contributed by atoms with Crippen molar-refractivity contribution in [2.45, 2.75) is 33.1 Å². The van der Waals surface area contributed by atoms with E-state index in [2.05, 4.69) is 29.0 Å². The van der Waals surface area contributed by atoms with Gasteiger partial charge in [-0.2, -0.15) is 0 Å². The van der Waals surface area contributed by atoms with Gasteiger partial charge >= 0.3 is 0 Å². The highest BCUT2D eigenvalue weighted by Gasteiger charge is 2.11. The Kier molecular flexibility index (Phi) is 4.24. The van der Waals surface area contributed by atoms with Gasteiger partial charge in [-0.1, -0.05) is 13.3 Å². The van der Waals surface area contributed by atoms with Crippen molar-refractivity contribution in [2.75, 3.05) is 0 Å². The van der Waals surface area contributed by atoms with Gasteiger partial charge in [-0.25, -0.2) is 4.98 Å². The number of imidazole rings is 1. The van der Waals surface area contributed by atoms with Crippen molar-refractivity contribution in [3.05, 3.63) is 58.5 Å². The predicted octanol–water partition coefficient (Wildman–Crippen LogP) is 3.94. The Morgan fingerprint density at radius 3 is 2.95 bits per heavy atom. The summed E-state index contributed by atoms with van der Waals surface area (Å²) in [5.74, 6) is 0. The second kappa shape index (κ2) is 6.32. The Bertz CT molecular complexity index is 815. The van der Waals surface area contributed by atoms with Gasteiger partial charge in [0.15, 0.2) is 0 Å². The van der Waals surface area contributed by atoms with Gasteiger partial charge in [0.2, 0.25) is 0 Å². The summed E-state index contributed by atoms with van der Waals surface area (Å²) in [4.78, 5) is 20.2. The second-order valence-corrected chi connectivity index (χ2v) is 6.45. The predicted molar refractivity (Wildman–Crippen MR) is 90.8 cm³/mol. The molecule has 0 radical (unpaired) electrons.